The van der Waals surface area contributed by atoms with Gasteiger partial charge in [0.1, 0.15) is 11.3 Å². The Hall–Kier alpha value is -3.50. The topological polar surface area (TPSA) is 80.3 Å². The number of amides is 1. The van der Waals surface area contributed by atoms with E-state index in [1.165, 1.54) is 6.07 Å². The summed E-state index contributed by atoms with van der Waals surface area (Å²) >= 11 is 23.5. The molecule has 0 bridgehead atoms. The molecule has 5 rings (SSSR count). The molecule has 1 amide bonds. The summed E-state index contributed by atoms with van der Waals surface area (Å²) in [6.07, 6.45) is 0. The quantitative estimate of drug-likeness (QED) is 0.166. The fourth-order valence-corrected chi connectivity index (χ4v) is 4.25. The summed E-state index contributed by atoms with van der Waals surface area (Å²) < 4.78 is 38.3. The predicted octanol–water partition coefficient (Wildman–Crippen LogP) is 8.12. The van der Waals surface area contributed by atoms with Crippen molar-refractivity contribution in [2.45, 2.75) is 0 Å². The average molecular weight is 579 g/mol. The van der Waals surface area contributed by atoms with Gasteiger partial charge < -0.3 is 14.2 Å². The van der Waals surface area contributed by atoms with Gasteiger partial charge in [0.15, 0.2) is 28.1 Å². The van der Waals surface area contributed by atoms with Gasteiger partial charge in [-0.05, 0) is 72.9 Å². The molecule has 0 aliphatic rings. The Kier molecular flexibility index (Phi) is 6.87. The maximum atomic E-state index is 13.7. The Morgan fingerprint density at radius 2 is 1.65 bits per heavy atom. The molecule has 0 spiro atoms. The van der Waals surface area contributed by atoms with E-state index in [0.29, 0.717) is 38.2 Å². The minimum atomic E-state index is -1.08. The van der Waals surface area contributed by atoms with Gasteiger partial charge in [-0.1, -0.05) is 34.8 Å². The summed E-state index contributed by atoms with van der Waals surface area (Å²) in [6, 6.07) is 14.6. The average Bonchev–Trinajstić information content (AvgIpc) is 3.50. The second-order valence-electron chi connectivity index (χ2n) is 7.64. The number of thiocarbonyl (C=S) groups is 1. The van der Waals surface area contributed by atoms with Crippen LogP contribution in [-0.4, -0.2) is 16.0 Å². The number of rotatable bonds is 4. The van der Waals surface area contributed by atoms with E-state index in [0.717, 1.165) is 12.1 Å². The van der Waals surface area contributed by atoms with Crippen LogP contribution < -0.4 is 10.6 Å². The number of nitrogens with one attached hydrogen (secondary N) is 2. The van der Waals surface area contributed by atoms with Crippen LogP contribution >= 0.6 is 47.0 Å². The van der Waals surface area contributed by atoms with E-state index >= 15 is 0 Å². The fourth-order valence-electron chi connectivity index (χ4n) is 3.42. The number of furan rings is 1. The lowest BCUT2D eigenvalue weighted by Gasteiger charge is -2.08. The Bertz CT molecular complexity index is 1700. The first kappa shape index (κ1) is 25.2. The van der Waals surface area contributed by atoms with Crippen LogP contribution in [0.15, 0.2) is 69.5 Å². The van der Waals surface area contributed by atoms with E-state index in [-0.39, 0.29) is 27.3 Å². The van der Waals surface area contributed by atoms with Crippen molar-refractivity contribution in [3.63, 3.8) is 0 Å². The first-order chi connectivity index (χ1) is 17.7. The number of aromatic nitrogens is 1. The van der Waals surface area contributed by atoms with Gasteiger partial charge >= 0.3 is 0 Å². The number of carbonyl (C=O) groups is 1. The summed E-state index contributed by atoms with van der Waals surface area (Å²) in [5.41, 5.74) is 1.90. The van der Waals surface area contributed by atoms with Crippen LogP contribution in [0.3, 0.4) is 0 Å². The van der Waals surface area contributed by atoms with Crippen molar-refractivity contribution < 1.29 is 22.4 Å². The van der Waals surface area contributed by atoms with Crippen LogP contribution in [0.25, 0.3) is 33.9 Å². The minimum Gasteiger partial charge on any atom is -0.451 e. The molecule has 6 nitrogen and oxygen atoms in total. The van der Waals surface area contributed by atoms with Crippen LogP contribution in [0, 0.1) is 11.6 Å². The molecule has 37 heavy (non-hydrogen) atoms. The van der Waals surface area contributed by atoms with Crippen LogP contribution in [-0.2, 0) is 0 Å². The zero-order valence-corrected chi connectivity index (χ0v) is 21.3. The summed E-state index contributed by atoms with van der Waals surface area (Å²) in [4.78, 5) is 16.9. The molecular formula is C25H12Cl3F2N3O3S. The predicted molar refractivity (Wildman–Crippen MR) is 142 cm³/mol. The van der Waals surface area contributed by atoms with Crippen LogP contribution in [0.2, 0.25) is 15.1 Å². The third-order valence-corrected chi connectivity index (χ3v) is 6.22. The van der Waals surface area contributed by atoms with E-state index in [2.05, 4.69) is 15.6 Å². The number of fused-ring (bicyclic) bond motifs is 1. The SMILES string of the molecule is O=C(NC(=S)Nc1ccc2oc(-c3cc(F)c(F)cc3Cl)nc2c1)c1ccc(-c2cc(Cl)ccc2Cl)o1. The molecule has 0 radical (unpaired) electrons. The number of hydrogen-bond acceptors (Lipinski definition) is 5. The maximum Gasteiger partial charge on any atom is 0.293 e. The van der Waals surface area contributed by atoms with Crippen molar-refractivity contribution in [1.29, 1.82) is 0 Å². The van der Waals surface area contributed by atoms with Gasteiger partial charge in [-0.25, -0.2) is 13.8 Å². The van der Waals surface area contributed by atoms with Crippen molar-refractivity contribution >= 4 is 74.8 Å². The van der Waals surface area contributed by atoms with E-state index in [9.17, 15) is 13.6 Å². The first-order valence-electron chi connectivity index (χ1n) is 10.4. The molecule has 0 saturated carbocycles. The second-order valence-corrected chi connectivity index (χ2v) is 9.30. The molecule has 186 valence electrons. The number of oxazole rings is 1. The van der Waals surface area contributed by atoms with E-state index in [4.69, 9.17) is 55.9 Å². The molecule has 0 unspecified atom stereocenters. The lowest BCUT2D eigenvalue weighted by atomic mass is 10.2. The van der Waals surface area contributed by atoms with Crippen molar-refractivity contribution in [2.75, 3.05) is 5.32 Å². The molecule has 0 fully saturated rings. The molecule has 0 aliphatic heterocycles. The third-order valence-electron chi connectivity index (χ3n) is 5.14. The number of halogens is 5. The number of benzene rings is 3. The zero-order chi connectivity index (χ0) is 26.3. The highest BCUT2D eigenvalue weighted by Gasteiger charge is 2.18. The fraction of sp³-hybridized carbons (Fsp3) is 0. The van der Waals surface area contributed by atoms with Crippen molar-refractivity contribution in [3.05, 3.63) is 93.1 Å². The number of hydrogen-bond donors (Lipinski definition) is 2. The molecule has 2 N–H and O–H groups in total. The Balaban J connectivity index is 1.29. The number of nitrogens with zero attached hydrogens (tertiary/aromatic N) is 1. The summed E-state index contributed by atoms with van der Waals surface area (Å²) in [7, 11) is 0. The molecule has 3 aromatic carbocycles. The lowest BCUT2D eigenvalue weighted by molar-refractivity contribution is 0.0951. The first-order valence-corrected chi connectivity index (χ1v) is 12.0. The van der Waals surface area contributed by atoms with Gasteiger partial charge in [-0.2, -0.15) is 0 Å². The highest BCUT2D eigenvalue weighted by atomic mass is 35.5. The third kappa shape index (κ3) is 5.30. The van der Waals surface area contributed by atoms with Crippen LogP contribution in [0.4, 0.5) is 14.5 Å². The molecule has 0 aliphatic carbocycles. The summed E-state index contributed by atoms with van der Waals surface area (Å²) in [5, 5.41) is 6.23. The molecule has 0 atom stereocenters. The monoisotopic (exact) mass is 577 g/mol. The highest BCUT2D eigenvalue weighted by Crippen LogP contribution is 2.33. The normalized spacial score (nSPS) is 11.1. The van der Waals surface area contributed by atoms with Gasteiger partial charge in [-0.3, -0.25) is 10.1 Å². The van der Waals surface area contributed by atoms with Crippen molar-refractivity contribution in [3.8, 4) is 22.8 Å². The molecular weight excluding hydrogens is 567 g/mol. The minimum absolute atomic E-state index is 0.00421. The van der Waals surface area contributed by atoms with Gasteiger partial charge in [0.05, 0.1) is 15.6 Å². The Morgan fingerprint density at radius 1 is 0.865 bits per heavy atom. The van der Waals surface area contributed by atoms with Crippen molar-refractivity contribution in [1.82, 2.24) is 10.3 Å². The zero-order valence-electron chi connectivity index (χ0n) is 18.2. The standard InChI is InChI=1S/C25H12Cl3F2N3O3S/c26-11-1-3-15(27)13(7-11)20-5-6-22(35-20)23(34)33-25(37)31-12-2-4-21-19(8-12)32-24(36-21)14-9-17(29)18(30)10-16(14)28/h1-10H,(H2,31,33,34,37). The Morgan fingerprint density at radius 3 is 2.46 bits per heavy atom. The second kappa shape index (κ2) is 10.1. The molecule has 0 saturated heterocycles. The molecule has 5 aromatic rings. The van der Waals surface area contributed by atoms with E-state index in [1.807, 2.05) is 0 Å². The number of carbonyl (C=O) groups excluding carboxylic acids is 1. The van der Waals surface area contributed by atoms with Crippen LogP contribution in [0.1, 0.15) is 10.6 Å². The van der Waals surface area contributed by atoms with Gasteiger partial charge in [0, 0.05) is 16.3 Å². The van der Waals surface area contributed by atoms with E-state index < -0.39 is 17.5 Å². The molecule has 12 heteroatoms. The maximum absolute atomic E-state index is 13.7. The van der Waals surface area contributed by atoms with Gasteiger partial charge in [0.2, 0.25) is 5.89 Å². The lowest BCUT2D eigenvalue weighted by Crippen LogP contribution is -2.33. The van der Waals surface area contributed by atoms with Crippen LogP contribution in [0.5, 0.6) is 0 Å². The van der Waals surface area contributed by atoms with Gasteiger partial charge in [0.25, 0.3) is 5.91 Å². The smallest absolute Gasteiger partial charge is 0.293 e. The largest absolute Gasteiger partial charge is 0.451 e. The number of anilines is 1. The van der Waals surface area contributed by atoms with E-state index in [1.54, 1.807) is 42.5 Å². The van der Waals surface area contributed by atoms with Crippen molar-refractivity contribution in [2.24, 2.45) is 0 Å². The summed E-state index contributed by atoms with van der Waals surface area (Å²) in [6.45, 7) is 0. The molecule has 2 heterocycles. The van der Waals surface area contributed by atoms with Gasteiger partial charge in [-0.15, -0.1) is 0 Å². The Labute approximate surface area is 228 Å². The molecule has 2 aromatic heterocycles. The summed E-state index contributed by atoms with van der Waals surface area (Å²) in [5.74, 6) is -2.35. The highest BCUT2D eigenvalue weighted by molar-refractivity contribution is 7.80.